The molecule has 1 saturated heterocycles. The first-order valence-corrected chi connectivity index (χ1v) is 8.07. The lowest BCUT2D eigenvalue weighted by atomic mass is 10.0. The highest BCUT2D eigenvalue weighted by atomic mass is 16.5. The van der Waals surface area contributed by atoms with Gasteiger partial charge in [-0.2, -0.15) is 0 Å². The third-order valence-electron chi connectivity index (χ3n) is 3.99. The van der Waals surface area contributed by atoms with E-state index < -0.39 is 0 Å². The molecule has 19 heavy (non-hydrogen) atoms. The van der Waals surface area contributed by atoms with Crippen LogP contribution in [0.5, 0.6) is 0 Å². The van der Waals surface area contributed by atoms with Crippen LogP contribution in [0.4, 0.5) is 0 Å². The van der Waals surface area contributed by atoms with Gasteiger partial charge in [0.1, 0.15) is 0 Å². The first kappa shape index (κ1) is 16.9. The van der Waals surface area contributed by atoms with Gasteiger partial charge in [0.25, 0.3) is 0 Å². The van der Waals surface area contributed by atoms with Crippen LogP contribution in [0.15, 0.2) is 0 Å². The molecule has 0 aliphatic carbocycles. The van der Waals surface area contributed by atoms with Crippen molar-refractivity contribution in [3.63, 3.8) is 0 Å². The summed E-state index contributed by atoms with van der Waals surface area (Å²) >= 11 is 0. The normalized spacial score (nSPS) is 22.1. The SMILES string of the molecule is CC(C)CCC(C)NCCN(C)CC1CCCOC1. The molecule has 2 unspecified atom stereocenters. The number of hydrogen-bond acceptors (Lipinski definition) is 3. The predicted octanol–water partition coefficient (Wildman–Crippen LogP) is 2.76. The van der Waals surface area contributed by atoms with Gasteiger partial charge in [0.15, 0.2) is 0 Å². The Morgan fingerprint density at radius 1 is 1.26 bits per heavy atom. The van der Waals surface area contributed by atoms with Crippen LogP contribution < -0.4 is 5.32 Å². The highest BCUT2D eigenvalue weighted by Crippen LogP contribution is 2.14. The molecule has 0 aromatic rings. The minimum Gasteiger partial charge on any atom is -0.381 e. The molecule has 3 nitrogen and oxygen atoms in total. The topological polar surface area (TPSA) is 24.5 Å². The van der Waals surface area contributed by atoms with Crippen LogP contribution >= 0.6 is 0 Å². The zero-order valence-electron chi connectivity index (χ0n) is 13.5. The highest BCUT2D eigenvalue weighted by molar-refractivity contribution is 4.69. The second-order valence-electron chi connectivity index (χ2n) is 6.67. The molecule has 0 radical (unpaired) electrons. The smallest absolute Gasteiger partial charge is 0.0506 e. The molecule has 1 N–H and O–H groups in total. The fraction of sp³-hybridized carbons (Fsp3) is 1.00. The molecule has 1 aliphatic rings. The summed E-state index contributed by atoms with van der Waals surface area (Å²) in [5.74, 6) is 1.57. The van der Waals surface area contributed by atoms with Crippen LogP contribution in [0.25, 0.3) is 0 Å². The first-order valence-electron chi connectivity index (χ1n) is 8.07. The largest absolute Gasteiger partial charge is 0.381 e. The molecule has 0 spiro atoms. The van der Waals surface area contributed by atoms with Crippen LogP contribution in [-0.2, 0) is 4.74 Å². The van der Waals surface area contributed by atoms with E-state index in [-0.39, 0.29) is 0 Å². The molecule has 0 aromatic carbocycles. The molecular weight excluding hydrogens is 236 g/mol. The molecule has 0 saturated carbocycles. The lowest BCUT2D eigenvalue weighted by Gasteiger charge is -2.27. The summed E-state index contributed by atoms with van der Waals surface area (Å²) in [5.41, 5.74) is 0. The Morgan fingerprint density at radius 2 is 2.05 bits per heavy atom. The standard InChI is InChI=1S/C16H34N2O/c1-14(2)7-8-15(3)17-9-10-18(4)12-16-6-5-11-19-13-16/h14-17H,5-13H2,1-4H3. The van der Waals surface area contributed by atoms with E-state index in [0.29, 0.717) is 6.04 Å². The summed E-state index contributed by atoms with van der Waals surface area (Å²) in [7, 11) is 2.23. The van der Waals surface area contributed by atoms with Crippen LogP contribution in [0, 0.1) is 11.8 Å². The zero-order valence-corrected chi connectivity index (χ0v) is 13.5. The Morgan fingerprint density at radius 3 is 2.68 bits per heavy atom. The molecule has 1 fully saturated rings. The zero-order chi connectivity index (χ0) is 14.1. The number of nitrogens with one attached hydrogen (secondary N) is 1. The van der Waals surface area contributed by atoms with Gasteiger partial charge in [-0.15, -0.1) is 0 Å². The molecule has 2 atom stereocenters. The maximum absolute atomic E-state index is 5.54. The van der Waals surface area contributed by atoms with Gasteiger partial charge >= 0.3 is 0 Å². The summed E-state index contributed by atoms with van der Waals surface area (Å²) in [6, 6.07) is 0.647. The van der Waals surface area contributed by atoms with E-state index >= 15 is 0 Å². The molecule has 0 bridgehead atoms. The molecule has 1 rings (SSSR count). The van der Waals surface area contributed by atoms with Crippen molar-refractivity contribution >= 4 is 0 Å². The van der Waals surface area contributed by atoms with Gasteiger partial charge in [-0.1, -0.05) is 13.8 Å². The number of rotatable bonds is 9. The molecule has 114 valence electrons. The lowest BCUT2D eigenvalue weighted by Crippen LogP contribution is -2.37. The van der Waals surface area contributed by atoms with Crippen molar-refractivity contribution in [2.45, 2.75) is 52.5 Å². The van der Waals surface area contributed by atoms with Crippen LogP contribution in [-0.4, -0.2) is 50.8 Å². The first-order chi connectivity index (χ1) is 9.08. The Labute approximate surface area is 120 Å². The van der Waals surface area contributed by atoms with Crippen molar-refractivity contribution in [3.8, 4) is 0 Å². The molecule has 1 aliphatic heterocycles. The van der Waals surface area contributed by atoms with Gasteiger partial charge in [-0.3, -0.25) is 0 Å². The Balaban J connectivity index is 2.01. The third kappa shape index (κ3) is 8.61. The molecule has 0 aromatic heterocycles. The molecule has 1 heterocycles. The summed E-state index contributed by atoms with van der Waals surface area (Å²) in [6.45, 7) is 12.3. The summed E-state index contributed by atoms with van der Waals surface area (Å²) < 4.78 is 5.54. The van der Waals surface area contributed by atoms with Crippen molar-refractivity contribution in [2.24, 2.45) is 11.8 Å². The van der Waals surface area contributed by atoms with E-state index in [1.54, 1.807) is 0 Å². The minimum absolute atomic E-state index is 0.647. The highest BCUT2D eigenvalue weighted by Gasteiger charge is 2.15. The Kier molecular flexibility index (Phi) is 8.67. The van der Waals surface area contributed by atoms with E-state index in [2.05, 4.69) is 38.0 Å². The van der Waals surface area contributed by atoms with Crippen molar-refractivity contribution < 1.29 is 4.74 Å². The van der Waals surface area contributed by atoms with E-state index in [1.165, 1.54) is 32.2 Å². The van der Waals surface area contributed by atoms with Gasteiger partial charge in [-0.25, -0.2) is 0 Å². The maximum Gasteiger partial charge on any atom is 0.0506 e. The maximum atomic E-state index is 5.54. The number of ether oxygens (including phenoxy) is 1. The van der Waals surface area contributed by atoms with Gasteiger partial charge in [0.2, 0.25) is 0 Å². The predicted molar refractivity (Wildman–Crippen MR) is 82.6 cm³/mol. The summed E-state index contributed by atoms with van der Waals surface area (Å²) in [6.07, 6.45) is 5.19. The monoisotopic (exact) mass is 270 g/mol. The quantitative estimate of drug-likeness (QED) is 0.697. The number of nitrogens with zero attached hydrogens (tertiary/aromatic N) is 1. The van der Waals surface area contributed by atoms with Gasteiger partial charge in [0, 0.05) is 32.3 Å². The van der Waals surface area contributed by atoms with Crippen molar-refractivity contribution in [2.75, 3.05) is 39.9 Å². The Hall–Kier alpha value is -0.120. The fourth-order valence-corrected chi connectivity index (χ4v) is 2.67. The molecule has 3 heteroatoms. The molecular formula is C16H34N2O. The van der Waals surface area contributed by atoms with Crippen LogP contribution in [0.2, 0.25) is 0 Å². The van der Waals surface area contributed by atoms with Crippen LogP contribution in [0.3, 0.4) is 0 Å². The van der Waals surface area contributed by atoms with Crippen LogP contribution in [0.1, 0.15) is 46.5 Å². The fourth-order valence-electron chi connectivity index (χ4n) is 2.67. The van der Waals surface area contributed by atoms with E-state index in [1.807, 2.05) is 0 Å². The van der Waals surface area contributed by atoms with Gasteiger partial charge in [0.05, 0.1) is 6.61 Å². The second kappa shape index (κ2) is 9.73. The van der Waals surface area contributed by atoms with Crippen molar-refractivity contribution in [3.05, 3.63) is 0 Å². The number of hydrogen-bond donors (Lipinski definition) is 1. The van der Waals surface area contributed by atoms with E-state index in [4.69, 9.17) is 4.74 Å². The molecule has 0 amide bonds. The summed E-state index contributed by atoms with van der Waals surface area (Å²) in [5, 5.41) is 3.63. The lowest BCUT2D eigenvalue weighted by molar-refractivity contribution is 0.0421. The van der Waals surface area contributed by atoms with Gasteiger partial charge in [-0.05, 0) is 51.5 Å². The van der Waals surface area contributed by atoms with Crippen molar-refractivity contribution in [1.82, 2.24) is 10.2 Å². The number of likely N-dealkylation sites (N-methyl/N-ethyl adjacent to an activating group) is 1. The average molecular weight is 270 g/mol. The van der Waals surface area contributed by atoms with E-state index in [9.17, 15) is 0 Å². The average Bonchev–Trinajstić information content (AvgIpc) is 2.37. The van der Waals surface area contributed by atoms with Crippen molar-refractivity contribution in [1.29, 1.82) is 0 Å². The summed E-state index contributed by atoms with van der Waals surface area (Å²) in [4.78, 5) is 2.45. The second-order valence-corrected chi connectivity index (χ2v) is 6.67. The minimum atomic E-state index is 0.647. The Bertz CT molecular complexity index is 215. The van der Waals surface area contributed by atoms with Gasteiger partial charge < -0.3 is 15.0 Å². The third-order valence-corrected chi connectivity index (χ3v) is 3.99. The van der Waals surface area contributed by atoms with E-state index in [0.717, 1.165) is 38.1 Å².